The Bertz CT molecular complexity index is 693. The number of hydrogen-bond donors (Lipinski definition) is 1. The van der Waals surface area contributed by atoms with E-state index in [9.17, 15) is 0 Å². The third kappa shape index (κ3) is 6.40. The molecule has 0 aliphatic heterocycles. The molecule has 0 spiro atoms. The predicted molar refractivity (Wildman–Crippen MR) is 118 cm³/mol. The molecule has 1 N–H and O–H groups in total. The molecule has 0 aliphatic carbocycles. The lowest BCUT2D eigenvalue weighted by Crippen LogP contribution is -2.39. The van der Waals surface area contributed by atoms with Crippen LogP contribution in [-0.2, 0) is 13.0 Å². The molecule has 0 unspecified atom stereocenters. The summed E-state index contributed by atoms with van der Waals surface area (Å²) in [5.74, 6) is 2.39. The molecule has 0 atom stereocenters. The zero-order valence-electron chi connectivity index (χ0n) is 15.9. The maximum Gasteiger partial charge on any atom is 0.193 e. The van der Waals surface area contributed by atoms with Gasteiger partial charge >= 0.3 is 0 Å². The van der Waals surface area contributed by atoms with Crippen molar-refractivity contribution in [3.63, 3.8) is 0 Å². The van der Waals surface area contributed by atoms with Gasteiger partial charge in [0.1, 0.15) is 0 Å². The van der Waals surface area contributed by atoms with Crippen molar-refractivity contribution < 1.29 is 9.47 Å². The first kappa shape index (κ1) is 22.1. The van der Waals surface area contributed by atoms with Crippen LogP contribution in [0, 0.1) is 0 Å². The van der Waals surface area contributed by atoms with Gasteiger partial charge < -0.3 is 19.7 Å². The molecular weight excluding hydrogens is 441 g/mol. The third-order valence-corrected chi connectivity index (χ3v) is 4.05. The molecule has 142 valence electrons. The van der Waals surface area contributed by atoms with Crippen LogP contribution >= 0.6 is 24.0 Å². The number of nitrogens with zero attached hydrogens (tertiary/aromatic N) is 2. The summed E-state index contributed by atoms with van der Waals surface area (Å²) >= 11 is 0. The largest absolute Gasteiger partial charge is 0.493 e. The van der Waals surface area contributed by atoms with E-state index in [1.165, 1.54) is 11.1 Å². The number of halogens is 1. The summed E-state index contributed by atoms with van der Waals surface area (Å²) in [5.41, 5.74) is 2.43. The molecule has 0 heterocycles. The third-order valence-electron chi connectivity index (χ3n) is 4.05. The number of likely N-dealkylation sites (N-methyl/N-ethyl adjacent to an activating group) is 1. The molecule has 0 bridgehead atoms. The molecule has 0 saturated carbocycles. The van der Waals surface area contributed by atoms with E-state index in [4.69, 9.17) is 9.47 Å². The Morgan fingerprint density at radius 3 is 2.31 bits per heavy atom. The lowest BCUT2D eigenvalue weighted by atomic mass is 10.1. The number of hydrogen-bond acceptors (Lipinski definition) is 3. The van der Waals surface area contributed by atoms with Gasteiger partial charge in [-0.3, -0.25) is 4.99 Å². The highest BCUT2D eigenvalue weighted by atomic mass is 127. The molecule has 0 radical (unpaired) electrons. The van der Waals surface area contributed by atoms with Gasteiger partial charge in [-0.2, -0.15) is 0 Å². The normalized spacial score (nSPS) is 10.7. The Labute approximate surface area is 173 Å². The van der Waals surface area contributed by atoms with Crippen molar-refractivity contribution in [2.75, 3.05) is 34.9 Å². The average molecular weight is 469 g/mol. The zero-order chi connectivity index (χ0) is 18.1. The second-order valence-electron chi connectivity index (χ2n) is 5.75. The quantitative estimate of drug-likeness (QED) is 0.383. The Balaban J connectivity index is 0.00000338. The average Bonchev–Trinajstić information content (AvgIpc) is 2.67. The van der Waals surface area contributed by atoms with Gasteiger partial charge in [-0.15, -0.1) is 24.0 Å². The number of aliphatic imine (C=N–C) groups is 1. The van der Waals surface area contributed by atoms with Gasteiger partial charge in [-0.05, 0) is 29.7 Å². The van der Waals surface area contributed by atoms with Crippen LogP contribution in [0.3, 0.4) is 0 Å². The number of ether oxygens (including phenoxy) is 2. The molecule has 2 rings (SSSR count). The van der Waals surface area contributed by atoms with Crippen LogP contribution in [0.15, 0.2) is 53.5 Å². The first-order valence-electron chi connectivity index (χ1n) is 8.34. The Hall–Kier alpha value is -1.96. The molecule has 5 nitrogen and oxygen atoms in total. The van der Waals surface area contributed by atoms with Crippen LogP contribution in [-0.4, -0.2) is 45.7 Å². The molecule has 0 fully saturated rings. The van der Waals surface area contributed by atoms with Crippen molar-refractivity contribution in [3.8, 4) is 11.5 Å². The van der Waals surface area contributed by atoms with Crippen molar-refractivity contribution >= 4 is 29.9 Å². The zero-order valence-corrected chi connectivity index (χ0v) is 18.2. The van der Waals surface area contributed by atoms with E-state index in [0.29, 0.717) is 0 Å². The van der Waals surface area contributed by atoms with Crippen molar-refractivity contribution in [2.24, 2.45) is 4.99 Å². The SMILES string of the molecule is CN=C(NCc1ccccc1)N(C)CCc1ccc(OC)c(OC)c1.I. The minimum absolute atomic E-state index is 0. The van der Waals surface area contributed by atoms with Crippen LogP contribution in [0.4, 0.5) is 0 Å². The fourth-order valence-electron chi connectivity index (χ4n) is 2.60. The molecule has 0 aliphatic rings. The number of methoxy groups -OCH3 is 2. The molecule has 6 heteroatoms. The molecule has 0 saturated heterocycles. The Kier molecular flexibility index (Phi) is 9.87. The van der Waals surface area contributed by atoms with Crippen LogP contribution < -0.4 is 14.8 Å². The number of nitrogens with one attached hydrogen (secondary N) is 1. The van der Waals surface area contributed by atoms with Crippen molar-refractivity contribution in [1.29, 1.82) is 0 Å². The summed E-state index contributed by atoms with van der Waals surface area (Å²) in [6, 6.07) is 16.3. The van der Waals surface area contributed by atoms with Crippen LogP contribution in [0.2, 0.25) is 0 Å². The Morgan fingerprint density at radius 2 is 1.69 bits per heavy atom. The van der Waals surface area contributed by atoms with E-state index in [1.54, 1.807) is 21.3 Å². The lowest BCUT2D eigenvalue weighted by molar-refractivity contribution is 0.354. The van der Waals surface area contributed by atoms with Gasteiger partial charge in [0.15, 0.2) is 17.5 Å². The standard InChI is InChI=1S/C20H27N3O2.HI/c1-21-20(22-15-17-8-6-5-7-9-17)23(2)13-12-16-10-11-18(24-3)19(14-16)25-4;/h5-11,14H,12-13,15H2,1-4H3,(H,21,22);1H. The first-order chi connectivity index (χ1) is 12.2. The van der Waals surface area contributed by atoms with E-state index >= 15 is 0 Å². The molecule has 26 heavy (non-hydrogen) atoms. The van der Waals surface area contributed by atoms with E-state index in [0.717, 1.165) is 37.0 Å². The second-order valence-corrected chi connectivity index (χ2v) is 5.75. The number of rotatable bonds is 7. The monoisotopic (exact) mass is 469 g/mol. The van der Waals surface area contributed by atoms with E-state index in [1.807, 2.05) is 37.4 Å². The summed E-state index contributed by atoms with van der Waals surface area (Å²) in [6.45, 7) is 1.61. The van der Waals surface area contributed by atoms with Gasteiger partial charge in [-0.1, -0.05) is 36.4 Å². The van der Waals surface area contributed by atoms with Gasteiger partial charge in [0.05, 0.1) is 14.2 Å². The molecule has 2 aromatic carbocycles. The maximum absolute atomic E-state index is 5.37. The van der Waals surface area contributed by atoms with E-state index in [-0.39, 0.29) is 24.0 Å². The molecule has 0 amide bonds. The smallest absolute Gasteiger partial charge is 0.193 e. The highest BCUT2D eigenvalue weighted by molar-refractivity contribution is 14.0. The van der Waals surface area contributed by atoms with E-state index in [2.05, 4.69) is 33.4 Å². The predicted octanol–water partition coefficient (Wildman–Crippen LogP) is 3.57. The fourth-order valence-corrected chi connectivity index (χ4v) is 2.60. The van der Waals surface area contributed by atoms with Gasteiger partial charge in [-0.25, -0.2) is 0 Å². The highest BCUT2D eigenvalue weighted by Gasteiger charge is 2.08. The van der Waals surface area contributed by atoms with Crippen molar-refractivity contribution in [2.45, 2.75) is 13.0 Å². The van der Waals surface area contributed by atoms with Gasteiger partial charge in [0.25, 0.3) is 0 Å². The number of benzene rings is 2. The summed E-state index contributed by atoms with van der Waals surface area (Å²) in [6.07, 6.45) is 0.892. The van der Waals surface area contributed by atoms with Crippen molar-refractivity contribution in [1.82, 2.24) is 10.2 Å². The van der Waals surface area contributed by atoms with E-state index < -0.39 is 0 Å². The minimum atomic E-state index is 0. The van der Waals surface area contributed by atoms with Crippen LogP contribution in [0.1, 0.15) is 11.1 Å². The van der Waals surface area contributed by atoms with Crippen LogP contribution in [0.25, 0.3) is 0 Å². The van der Waals surface area contributed by atoms with Gasteiger partial charge in [0.2, 0.25) is 0 Å². The summed E-state index contributed by atoms with van der Waals surface area (Å²) < 4.78 is 10.6. The number of guanidine groups is 1. The molecular formula is C20H28IN3O2. The minimum Gasteiger partial charge on any atom is -0.493 e. The second kappa shape index (κ2) is 11.6. The topological polar surface area (TPSA) is 46.1 Å². The van der Waals surface area contributed by atoms with Crippen LogP contribution in [0.5, 0.6) is 11.5 Å². The highest BCUT2D eigenvalue weighted by Crippen LogP contribution is 2.27. The molecule has 0 aromatic heterocycles. The first-order valence-corrected chi connectivity index (χ1v) is 8.34. The Morgan fingerprint density at radius 1 is 1.00 bits per heavy atom. The lowest BCUT2D eigenvalue weighted by Gasteiger charge is -2.22. The summed E-state index contributed by atoms with van der Waals surface area (Å²) in [7, 11) is 7.15. The van der Waals surface area contributed by atoms with Gasteiger partial charge in [0, 0.05) is 27.2 Å². The molecule has 2 aromatic rings. The summed E-state index contributed by atoms with van der Waals surface area (Å²) in [4.78, 5) is 6.49. The summed E-state index contributed by atoms with van der Waals surface area (Å²) in [5, 5.41) is 3.39. The maximum atomic E-state index is 5.37. The fraction of sp³-hybridized carbons (Fsp3) is 0.350. The van der Waals surface area contributed by atoms with Crippen molar-refractivity contribution in [3.05, 3.63) is 59.7 Å².